The molecule has 0 aliphatic heterocycles. The van der Waals surface area contributed by atoms with Crippen LogP contribution in [0, 0.1) is 5.82 Å². The summed E-state index contributed by atoms with van der Waals surface area (Å²) >= 11 is 0. The number of carbonyl (C=O) groups is 1. The molecule has 0 fully saturated rings. The van der Waals surface area contributed by atoms with Gasteiger partial charge in [-0.1, -0.05) is 12.5 Å². The highest BCUT2D eigenvalue weighted by atomic mass is 19.1. The van der Waals surface area contributed by atoms with Crippen molar-refractivity contribution in [3.63, 3.8) is 0 Å². The minimum absolute atomic E-state index is 0.226. The largest absolute Gasteiger partial charge is 0.481 e. The maximum atomic E-state index is 13.0. The lowest BCUT2D eigenvalue weighted by Crippen LogP contribution is -2.18. The van der Waals surface area contributed by atoms with Crippen LogP contribution >= 0.6 is 0 Å². The van der Waals surface area contributed by atoms with Gasteiger partial charge in [-0.25, -0.2) is 4.39 Å². The molecule has 94 valence electrons. The summed E-state index contributed by atoms with van der Waals surface area (Å²) in [6.45, 7) is 0.809. The number of hydrogen-bond donors (Lipinski definition) is 1. The third-order valence-corrected chi connectivity index (χ3v) is 2.63. The number of hydrogen-bond acceptors (Lipinski definition) is 2. The normalized spacial score (nSPS) is 10.2. The number of aliphatic carboxylic acids is 1. The van der Waals surface area contributed by atoms with Crippen molar-refractivity contribution in [1.29, 1.82) is 0 Å². The highest BCUT2D eigenvalue weighted by Gasteiger charge is 2.02. The molecular weight excluding hydrogens is 221 g/mol. The molecule has 0 saturated heterocycles. The molecule has 0 atom stereocenters. The smallest absolute Gasteiger partial charge is 0.303 e. The Morgan fingerprint density at radius 1 is 1.35 bits per heavy atom. The van der Waals surface area contributed by atoms with Gasteiger partial charge in [0.05, 0.1) is 0 Å². The Bertz CT molecular complexity index is 368. The average Bonchev–Trinajstić information content (AvgIpc) is 2.28. The quantitative estimate of drug-likeness (QED) is 0.744. The monoisotopic (exact) mass is 239 g/mol. The third kappa shape index (κ3) is 5.33. The van der Waals surface area contributed by atoms with Gasteiger partial charge in [0.1, 0.15) is 5.82 Å². The summed E-state index contributed by atoms with van der Waals surface area (Å²) in [7, 11) is 1.91. The summed E-state index contributed by atoms with van der Waals surface area (Å²) in [5.74, 6) is -0.983. The molecule has 1 aromatic carbocycles. The second kappa shape index (κ2) is 6.89. The minimum Gasteiger partial charge on any atom is -0.481 e. The molecule has 4 heteroatoms. The van der Waals surface area contributed by atoms with Crippen molar-refractivity contribution in [1.82, 2.24) is 0 Å². The van der Waals surface area contributed by atoms with Gasteiger partial charge in [0.25, 0.3) is 0 Å². The van der Waals surface area contributed by atoms with Crippen molar-refractivity contribution in [2.24, 2.45) is 0 Å². The molecule has 1 aromatic rings. The first-order chi connectivity index (χ1) is 8.09. The second-order valence-corrected chi connectivity index (χ2v) is 4.11. The van der Waals surface area contributed by atoms with Gasteiger partial charge < -0.3 is 10.0 Å². The number of carboxylic acid groups (broad SMARTS) is 1. The van der Waals surface area contributed by atoms with Crippen LogP contribution in [0.4, 0.5) is 10.1 Å². The topological polar surface area (TPSA) is 40.5 Å². The molecule has 1 N–H and O–H groups in total. The van der Waals surface area contributed by atoms with Crippen molar-refractivity contribution in [2.45, 2.75) is 25.7 Å². The van der Waals surface area contributed by atoms with E-state index in [0.29, 0.717) is 6.42 Å². The maximum Gasteiger partial charge on any atom is 0.303 e. The van der Waals surface area contributed by atoms with E-state index in [1.54, 1.807) is 6.07 Å². The standard InChI is InChI=1S/C13H18FNO2/c1-15(9-4-2-3-8-13(16)17)12-7-5-6-11(14)10-12/h5-7,10H,2-4,8-9H2,1H3,(H,16,17). The van der Waals surface area contributed by atoms with E-state index in [1.165, 1.54) is 12.1 Å². The van der Waals surface area contributed by atoms with E-state index in [-0.39, 0.29) is 12.2 Å². The fourth-order valence-corrected chi connectivity index (χ4v) is 1.64. The fraction of sp³-hybridized carbons (Fsp3) is 0.462. The van der Waals surface area contributed by atoms with Crippen LogP contribution in [0.5, 0.6) is 0 Å². The third-order valence-electron chi connectivity index (χ3n) is 2.63. The van der Waals surface area contributed by atoms with Gasteiger partial charge in [-0.15, -0.1) is 0 Å². The summed E-state index contributed by atoms with van der Waals surface area (Å²) in [5, 5.41) is 8.48. The van der Waals surface area contributed by atoms with E-state index in [2.05, 4.69) is 0 Å². The number of benzene rings is 1. The number of nitrogens with zero attached hydrogens (tertiary/aromatic N) is 1. The van der Waals surface area contributed by atoms with Crippen LogP contribution in [0.25, 0.3) is 0 Å². The molecule has 0 aliphatic carbocycles. The number of rotatable bonds is 7. The Hall–Kier alpha value is -1.58. The van der Waals surface area contributed by atoms with Gasteiger partial charge in [-0.05, 0) is 31.0 Å². The summed E-state index contributed by atoms with van der Waals surface area (Å²) in [6, 6.07) is 6.47. The molecular formula is C13H18FNO2. The first kappa shape index (κ1) is 13.5. The van der Waals surface area contributed by atoms with E-state index in [9.17, 15) is 9.18 Å². The number of anilines is 1. The van der Waals surface area contributed by atoms with Crippen LogP contribution in [0.2, 0.25) is 0 Å². The summed E-state index contributed by atoms with van der Waals surface area (Å²) in [4.78, 5) is 12.3. The molecule has 0 unspecified atom stereocenters. The Balaban J connectivity index is 2.25. The van der Waals surface area contributed by atoms with E-state index >= 15 is 0 Å². The zero-order valence-electron chi connectivity index (χ0n) is 10.0. The molecule has 0 spiro atoms. The Morgan fingerprint density at radius 3 is 2.76 bits per heavy atom. The lowest BCUT2D eigenvalue weighted by molar-refractivity contribution is -0.137. The minimum atomic E-state index is -0.747. The van der Waals surface area contributed by atoms with Crippen LogP contribution in [-0.4, -0.2) is 24.7 Å². The van der Waals surface area contributed by atoms with Crippen molar-refractivity contribution >= 4 is 11.7 Å². The zero-order valence-corrected chi connectivity index (χ0v) is 10.0. The second-order valence-electron chi connectivity index (χ2n) is 4.11. The Kier molecular flexibility index (Phi) is 5.46. The van der Waals surface area contributed by atoms with Crippen molar-refractivity contribution in [3.8, 4) is 0 Å². The number of carboxylic acids is 1. The van der Waals surface area contributed by atoms with Gasteiger partial charge in [-0.2, -0.15) is 0 Å². The lowest BCUT2D eigenvalue weighted by Gasteiger charge is -2.19. The highest BCUT2D eigenvalue weighted by Crippen LogP contribution is 2.14. The van der Waals surface area contributed by atoms with E-state index in [4.69, 9.17) is 5.11 Å². The SMILES string of the molecule is CN(CCCCCC(=O)O)c1cccc(F)c1. The van der Waals surface area contributed by atoms with Gasteiger partial charge in [0, 0.05) is 25.7 Å². The summed E-state index contributed by atoms with van der Waals surface area (Å²) < 4.78 is 13.0. The molecule has 0 aliphatic rings. The van der Waals surface area contributed by atoms with Crippen molar-refractivity contribution in [2.75, 3.05) is 18.5 Å². The van der Waals surface area contributed by atoms with Crippen LogP contribution in [-0.2, 0) is 4.79 Å². The first-order valence-corrected chi connectivity index (χ1v) is 5.78. The first-order valence-electron chi connectivity index (χ1n) is 5.78. The molecule has 0 bridgehead atoms. The molecule has 0 heterocycles. The molecule has 0 radical (unpaired) electrons. The van der Waals surface area contributed by atoms with Crippen LogP contribution in [0.1, 0.15) is 25.7 Å². The Morgan fingerprint density at radius 2 is 2.12 bits per heavy atom. The van der Waals surface area contributed by atoms with E-state index in [1.807, 2.05) is 18.0 Å². The predicted molar refractivity (Wildman–Crippen MR) is 65.8 cm³/mol. The van der Waals surface area contributed by atoms with E-state index in [0.717, 1.165) is 25.1 Å². The maximum absolute atomic E-state index is 13.0. The number of unbranched alkanes of at least 4 members (excludes halogenated alkanes) is 2. The molecule has 0 aromatic heterocycles. The van der Waals surface area contributed by atoms with Crippen LogP contribution < -0.4 is 4.90 Å². The molecule has 0 saturated carbocycles. The lowest BCUT2D eigenvalue weighted by atomic mass is 10.2. The predicted octanol–water partition coefficient (Wildman–Crippen LogP) is 2.91. The zero-order chi connectivity index (χ0) is 12.7. The molecule has 1 rings (SSSR count). The van der Waals surface area contributed by atoms with Crippen LogP contribution in [0.15, 0.2) is 24.3 Å². The molecule has 0 amide bonds. The van der Waals surface area contributed by atoms with E-state index < -0.39 is 5.97 Å². The van der Waals surface area contributed by atoms with Crippen molar-refractivity contribution < 1.29 is 14.3 Å². The molecule has 3 nitrogen and oxygen atoms in total. The number of halogens is 1. The Labute approximate surface area is 101 Å². The van der Waals surface area contributed by atoms with Crippen LogP contribution in [0.3, 0.4) is 0 Å². The van der Waals surface area contributed by atoms with Gasteiger partial charge >= 0.3 is 5.97 Å². The fourth-order valence-electron chi connectivity index (χ4n) is 1.64. The molecule has 17 heavy (non-hydrogen) atoms. The summed E-state index contributed by atoms with van der Waals surface area (Å²) in [6.07, 6.45) is 2.72. The summed E-state index contributed by atoms with van der Waals surface area (Å²) in [5.41, 5.74) is 0.850. The van der Waals surface area contributed by atoms with Gasteiger partial charge in [0.2, 0.25) is 0 Å². The average molecular weight is 239 g/mol. The van der Waals surface area contributed by atoms with Gasteiger partial charge in [-0.3, -0.25) is 4.79 Å². The van der Waals surface area contributed by atoms with Crippen molar-refractivity contribution in [3.05, 3.63) is 30.1 Å². The highest BCUT2D eigenvalue weighted by molar-refractivity contribution is 5.66. The van der Waals surface area contributed by atoms with Gasteiger partial charge in [0.15, 0.2) is 0 Å².